The van der Waals surface area contributed by atoms with Gasteiger partial charge in [-0.1, -0.05) is 0 Å². The molecule has 0 atom stereocenters. The fourth-order valence-corrected chi connectivity index (χ4v) is 2.37. The predicted molar refractivity (Wildman–Crippen MR) is 98.8 cm³/mol. The molecule has 0 unspecified atom stereocenters. The second-order valence-corrected chi connectivity index (χ2v) is 5.09. The molecule has 0 radical (unpaired) electrons. The maximum atomic E-state index is 12.1. The van der Waals surface area contributed by atoms with Gasteiger partial charge in [-0.2, -0.15) is 0 Å². The molecule has 0 spiro atoms. The summed E-state index contributed by atoms with van der Waals surface area (Å²) < 4.78 is 10.2. The van der Waals surface area contributed by atoms with Gasteiger partial charge >= 0.3 is 0 Å². The van der Waals surface area contributed by atoms with Crippen molar-refractivity contribution < 1.29 is 14.3 Å². The van der Waals surface area contributed by atoms with Crippen molar-refractivity contribution in [3.63, 3.8) is 0 Å². The van der Waals surface area contributed by atoms with Crippen LogP contribution < -0.4 is 15.0 Å². The van der Waals surface area contributed by atoms with Crippen LogP contribution in [-0.4, -0.2) is 75.9 Å². The lowest BCUT2D eigenvalue weighted by Crippen LogP contribution is -2.51. The van der Waals surface area contributed by atoms with E-state index in [9.17, 15) is 4.79 Å². The Hall–Kier alpha value is -1.28. The van der Waals surface area contributed by atoms with Gasteiger partial charge in [-0.05, 0) is 6.07 Å². The van der Waals surface area contributed by atoms with E-state index in [1.54, 1.807) is 20.4 Å². The van der Waals surface area contributed by atoms with Gasteiger partial charge in [0, 0.05) is 52.1 Å². The van der Waals surface area contributed by atoms with E-state index in [1.165, 1.54) is 0 Å². The molecule has 0 saturated carbocycles. The molecule has 1 aromatic rings. The molecule has 24 heavy (non-hydrogen) atoms. The molecule has 0 bridgehead atoms. The summed E-state index contributed by atoms with van der Waals surface area (Å²) >= 11 is 0. The molecule has 138 valence electrons. The van der Waals surface area contributed by atoms with E-state index in [4.69, 9.17) is 9.47 Å². The van der Waals surface area contributed by atoms with Crippen molar-refractivity contribution in [3.8, 4) is 5.75 Å². The van der Waals surface area contributed by atoms with E-state index in [2.05, 4.69) is 15.2 Å². The van der Waals surface area contributed by atoms with Crippen molar-refractivity contribution in [2.45, 2.75) is 0 Å². The van der Waals surface area contributed by atoms with Gasteiger partial charge in [0.15, 0.2) is 0 Å². The Bertz CT molecular complexity index is 486. The first kappa shape index (κ1) is 22.7. The summed E-state index contributed by atoms with van der Waals surface area (Å²) in [6, 6.07) is 3.75. The van der Waals surface area contributed by atoms with Gasteiger partial charge in [0.1, 0.15) is 11.6 Å². The Labute approximate surface area is 155 Å². The summed E-state index contributed by atoms with van der Waals surface area (Å²) in [6.45, 7) is 4.65. The third-order valence-electron chi connectivity index (χ3n) is 3.67. The predicted octanol–water partition coefficient (Wildman–Crippen LogP) is 0.818. The van der Waals surface area contributed by atoms with Crippen LogP contribution in [0.25, 0.3) is 0 Å². The standard InChI is InChI=1S/C15H24N4O3.2ClH/c1-21-10-5-16-12-15(20)19-8-6-18(7-9-19)14-11-13(22-2)3-4-17-14;;/h3-4,11,16H,5-10,12H2,1-2H3;2*1H. The molecule has 2 heterocycles. The molecule has 1 aliphatic heterocycles. The fourth-order valence-electron chi connectivity index (χ4n) is 2.37. The summed E-state index contributed by atoms with van der Waals surface area (Å²) in [5, 5.41) is 3.08. The van der Waals surface area contributed by atoms with Gasteiger partial charge in [0.25, 0.3) is 0 Å². The zero-order valence-corrected chi connectivity index (χ0v) is 15.7. The maximum absolute atomic E-state index is 12.1. The minimum Gasteiger partial charge on any atom is -0.497 e. The minimum absolute atomic E-state index is 0. The SMILES string of the molecule is COCCNCC(=O)N1CCN(c2cc(OC)ccn2)CC1.Cl.Cl. The number of hydrogen-bond donors (Lipinski definition) is 1. The van der Waals surface area contributed by atoms with Crippen LogP contribution in [0.4, 0.5) is 5.82 Å². The lowest BCUT2D eigenvalue weighted by Gasteiger charge is -2.35. The van der Waals surface area contributed by atoms with Gasteiger partial charge in [0.2, 0.25) is 5.91 Å². The van der Waals surface area contributed by atoms with E-state index in [0.717, 1.165) is 24.7 Å². The third kappa shape index (κ3) is 6.68. The van der Waals surface area contributed by atoms with Crippen LogP contribution in [0.3, 0.4) is 0 Å². The van der Waals surface area contributed by atoms with E-state index in [1.807, 2.05) is 17.0 Å². The highest BCUT2D eigenvalue weighted by atomic mass is 35.5. The van der Waals surface area contributed by atoms with Crippen LogP contribution in [0.15, 0.2) is 18.3 Å². The maximum Gasteiger partial charge on any atom is 0.236 e. The number of nitrogens with one attached hydrogen (secondary N) is 1. The molecule has 1 aliphatic rings. The molecule has 0 aromatic carbocycles. The van der Waals surface area contributed by atoms with E-state index < -0.39 is 0 Å². The second-order valence-electron chi connectivity index (χ2n) is 5.09. The van der Waals surface area contributed by atoms with Crippen LogP contribution in [0.2, 0.25) is 0 Å². The number of pyridine rings is 1. The van der Waals surface area contributed by atoms with Crippen molar-refractivity contribution >= 4 is 36.5 Å². The van der Waals surface area contributed by atoms with Crippen molar-refractivity contribution in [1.82, 2.24) is 15.2 Å². The number of carbonyl (C=O) groups excluding carboxylic acids is 1. The summed E-state index contributed by atoms with van der Waals surface area (Å²) in [5.41, 5.74) is 0. The molecule has 2 rings (SSSR count). The Morgan fingerprint density at radius 1 is 1.25 bits per heavy atom. The molecule has 0 aliphatic carbocycles. The van der Waals surface area contributed by atoms with Gasteiger partial charge in [0.05, 0.1) is 20.3 Å². The lowest BCUT2D eigenvalue weighted by molar-refractivity contribution is -0.130. The molecular formula is C15H26Cl2N4O3. The molecule has 9 heteroatoms. The van der Waals surface area contributed by atoms with Gasteiger partial charge in [-0.3, -0.25) is 4.79 Å². The van der Waals surface area contributed by atoms with E-state index in [0.29, 0.717) is 32.8 Å². The Morgan fingerprint density at radius 3 is 2.58 bits per heavy atom. The molecule has 1 saturated heterocycles. The number of amides is 1. The second kappa shape index (κ2) is 12.1. The number of nitrogens with zero attached hydrogens (tertiary/aromatic N) is 3. The summed E-state index contributed by atoms with van der Waals surface area (Å²) in [5.74, 6) is 1.82. The average molecular weight is 381 g/mol. The number of piperazine rings is 1. The average Bonchev–Trinajstić information content (AvgIpc) is 2.59. The number of anilines is 1. The number of hydrogen-bond acceptors (Lipinski definition) is 6. The van der Waals surface area contributed by atoms with Crippen LogP contribution >= 0.6 is 24.8 Å². The zero-order chi connectivity index (χ0) is 15.8. The van der Waals surface area contributed by atoms with Crippen LogP contribution in [0.5, 0.6) is 5.75 Å². The summed E-state index contributed by atoms with van der Waals surface area (Å²) in [6.07, 6.45) is 1.74. The lowest BCUT2D eigenvalue weighted by atomic mass is 10.3. The normalized spacial score (nSPS) is 13.8. The summed E-state index contributed by atoms with van der Waals surface area (Å²) in [7, 11) is 3.29. The van der Waals surface area contributed by atoms with Crippen LogP contribution in [-0.2, 0) is 9.53 Å². The largest absolute Gasteiger partial charge is 0.497 e. The molecule has 1 N–H and O–H groups in total. The highest BCUT2D eigenvalue weighted by Crippen LogP contribution is 2.19. The number of rotatable bonds is 7. The Morgan fingerprint density at radius 2 is 1.96 bits per heavy atom. The molecule has 1 aromatic heterocycles. The first-order chi connectivity index (χ1) is 10.7. The smallest absolute Gasteiger partial charge is 0.236 e. The zero-order valence-electron chi connectivity index (χ0n) is 14.1. The highest BCUT2D eigenvalue weighted by Gasteiger charge is 2.21. The molecule has 1 fully saturated rings. The molecule has 1 amide bonds. The Balaban J connectivity index is 0.00000264. The minimum atomic E-state index is 0. The van der Waals surface area contributed by atoms with Crippen molar-refractivity contribution in [1.29, 1.82) is 0 Å². The number of carbonyl (C=O) groups is 1. The molecule has 7 nitrogen and oxygen atoms in total. The third-order valence-corrected chi connectivity index (χ3v) is 3.67. The monoisotopic (exact) mass is 380 g/mol. The highest BCUT2D eigenvalue weighted by molar-refractivity contribution is 5.85. The molecular weight excluding hydrogens is 355 g/mol. The quantitative estimate of drug-likeness (QED) is 0.706. The van der Waals surface area contributed by atoms with Crippen LogP contribution in [0, 0.1) is 0 Å². The van der Waals surface area contributed by atoms with Gasteiger partial charge in [-0.25, -0.2) is 4.98 Å². The number of ether oxygens (including phenoxy) is 2. The van der Waals surface area contributed by atoms with Gasteiger partial charge in [-0.15, -0.1) is 24.8 Å². The van der Waals surface area contributed by atoms with Crippen molar-refractivity contribution in [2.24, 2.45) is 0 Å². The first-order valence-electron chi connectivity index (χ1n) is 7.47. The Kier molecular flexibility index (Phi) is 11.5. The number of methoxy groups -OCH3 is 2. The van der Waals surface area contributed by atoms with Crippen LogP contribution in [0.1, 0.15) is 0 Å². The number of halogens is 2. The summed E-state index contributed by atoms with van der Waals surface area (Å²) in [4.78, 5) is 20.5. The first-order valence-corrected chi connectivity index (χ1v) is 7.47. The van der Waals surface area contributed by atoms with Crippen molar-refractivity contribution in [2.75, 3.05) is 65.0 Å². The van der Waals surface area contributed by atoms with Gasteiger partial charge < -0.3 is 24.6 Å². The van der Waals surface area contributed by atoms with E-state index >= 15 is 0 Å². The number of aromatic nitrogens is 1. The van der Waals surface area contributed by atoms with E-state index in [-0.39, 0.29) is 30.7 Å². The van der Waals surface area contributed by atoms with Crippen molar-refractivity contribution in [3.05, 3.63) is 18.3 Å². The fraction of sp³-hybridized carbons (Fsp3) is 0.600. The topological polar surface area (TPSA) is 66.9 Å².